The van der Waals surface area contributed by atoms with Crippen molar-refractivity contribution in [1.82, 2.24) is 25.0 Å². The average molecular weight is 442 g/mol. The van der Waals surface area contributed by atoms with Gasteiger partial charge in [-0.3, -0.25) is 4.79 Å². The van der Waals surface area contributed by atoms with E-state index >= 15 is 0 Å². The van der Waals surface area contributed by atoms with E-state index in [2.05, 4.69) is 20.3 Å². The lowest BCUT2D eigenvalue weighted by atomic mass is 10.1. The van der Waals surface area contributed by atoms with Crippen molar-refractivity contribution in [2.24, 2.45) is 0 Å². The lowest BCUT2D eigenvalue weighted by Crippen LogP contribution is -2.25. The van der Waals surface area contributed by atoms with Crippen LogP contribution < -0.4 is 5.56 Å². The number of thiophene rings is 1. The second-order valence-electron chi connectivity index (χ2n) is 6.22. The molecule has 0 atom stereocenters. The van der Waals surface area contributed by atoms with Crippen molar-refractivity contribution in [1.29, 1.82) is 0 Å². The number of hydrogen-bond acceptors (Lipinski definition) is 8. The smallest absolute Gasteiger partial charge is 0.274 e. The number of aromatic nitrogens is 5. The van der Waals surface area contributed by atoms with Gasteiger partial charge < -0.3 is 4.42 Å². The van der Waals surface area contributed by atoms with Gasteiger partial charge in [-0.05, 0) is 17.5 Å². The van der Waals surface area contributed by atoms with Crippen LogP contribution in [-0.2, 0) is 13.0 Å². The number of hydrogen-bond donors (Lipinski definition) is 0. The summed E-state index contributed by atoms with van der Waals surface area (Å²) in [5, 5.41) is 18.1. The Morgan fingerprint density at radius 2 is 2.00 bits per heavy atom. The predicted molar refractivity (Wildman–Crippen MR) is 113 cm³/mol. The molecule has 29 heavy (non-hydrogen) atoms. The number of benzene rings is 1. The zero-order chi connectivity index (χ0) is 19.8. The molecule has 144 valence electrons. The number of fused-ring (bicyclic) bond motifs is 1. The van der Waals surface area contributed by atoms with E-state index in [1.54, 1.807) is 23.6 Å². The molecule has 0 radical (unpaired) electrons. The first-order valence-corrected chi connectivity index (χ1v) is 10.7. The zero-order valence-electron chi connectivity index (χ0n) is 14.8. The van der Waals surface area contributed by atoms with Crippen molar-refractivity contribution in [3.05, 3.63) is 78.6 Å². The summed E-state index contributed by atoms with van der Waals surface area (Å²) < 4.78 is 7.66. The van der Waals surface area contributed by atoms with Crippen molar-refractivity contribution >= 4 is 45.0 Å². The number of nitrogens with zero attached hydrogens (tertiary/aromatic N) is 5. The summed E-state index contributed by atoms with van der Waals surface area (Å²) in [7, 11) is 0. The summed E-state index contributed by atoms with van der Waals surface area (Å²) in [5.41, 5.74) is 1.41. The minimum atomic E-state index is -0.168. The average Bonchev–Trinajstić information content (AvgIpc) is 3.48. The third kappa shape index (κ3) is 3.59. The molecule has 4 aromatic heterocycles. The van der Waals surface area contributed by atoms with Crippen molar-refractivity contribution < 1.29 is 4.42 Å². The van der Waals surface area contributed by atoms with E-state index in [-0.39, 0.29) is 5.56 Å². The van der Waals surface area contributed by atoms with Crippen LogP contribution in [0.5, 0.6) is 0 Å². The third-order valence-corrected chi connectivity index (χ3v) is 6.11. The van der Waals surface area contributed by atoms with Crippen LogP contribution in [0.3, 0.4) is 0 Å². The van der Waals surface area contributed by atoms with Crippen LogP contribution >= 0.6 is 34.3 Å². The Labute approximate surface area is 177 Å². The molecule has 1 aromatic carbocycles. The van der Waals surface area contributed by atoms with E-state index in [0.717, 1.165) is 15.8 Å². The van der Waals surface area contributed by atoms with Crippen molar-refractivity contribution in [3.63, 3.8) is 0 Å². The molecule has 0 saturated heterocycles. The van der Waals surface area contributed by atoms with Gasteiger partial charge in [0.05, 0.1) is 24.0 Å². The number of thiazole rings is 1. The van der Waals surface area contributed by atoms with E-state index in [1.807, 2.05) is 35.0 Å². The van der Waals surface area contributed by atoms with Crippen LogP contribution in [0.15, 0.2) is 56.5 Å². The molecule has 4 heterocycles. The normalized spacial score (nSPS) is 11.3. The fraction of sp³-hybridized carbons (Fsp3) is 0.105. The van der Waals surface area contributed by atoms with Gasteiger partial charge in [0.15, 0.2) is 4.47 Å². The Balaban J connectivity index is 1.55. The highest BCUT2D eigenvalue weighted by Crippen LogP contribution is 2.23. The second kappa shape index (κ2) is 7.51. The Kier molecular flexibility index (Phi) is 4.70. The van der Waals surface area contributed by atoms with Crippen molar-refractivity contribution in [2.75, 3.05) is 0 Å². The van der Waals surface area contributed by atoms with Gasteiger partial charge in [-0.1, -0.05) is 29.8 Å². The van der Waals surface area contributed by atoms with E-state index in [9.17, 15) is 4.79 Å². The monoisotopic (exact) mass is 441 g/mol. The number of rotatable bonds is 5. The maximum Gasteiger partial charge on any atom is 0.274 e. The first-order valence-electron chi connectivity index (χ1n) is 8.61. The number of halogens is 1. The quantitative estimate of drug-likeness (QED) is 0.405. The van der Waals surface area contributed by atoms with Gasteiger partial charge in [0.25, 0.3) is 5.56 Å². The third-order valence-electron chi connectivity index (χ3n) is 4.33. The summed E-state index contributed by atoms with van der Waals surface area (Å²) in [4.78, 5) is 17.8. The Morgan fingerprint density at radius 1 is 1.14 bits per heavy atom. The largest absolute Gasteiger partial charge is 0.420 e. The molecular weight excluding hydrogens is 430 g/mol. The molecule has 0 N–H and O–H groups in total. The molecule has 0 amide bonds. The lowest BCUT2D eigenvalue weighted by molar-refractivity contribution is 0.512. The highest BCUT2D eigenvalue weighted by molar-refractivity contribution is 7.15. The molecule has 0 aliphatic carbocycles. The van der Waals surface area contributed by atoms with Gasteiger partial charge in [0.2, 0.25) is 11.8 Å². The summed E-state index contributed by atoms with van der Waals surface area (Å²) >= 11 is 8.80. The molecule has 10 heteroatoms. The van der Waals surface area contributed by atoms with Crippen LogP contribution in [-0.4, -0.2) is 25.0 Å². The fourth-order valence-electron chi connectivity index (χ4n) is 3.02. The maximum absolute atomic E-state index is 12.9. The first kappa shape index (κ1) is 18.2. The van der Waals surface area contributed by atoms with E-state index < -0.39 is 0 Å². The molecule has 7 nitrogen and oxygen atoms in total. The molecule has 5 rings (SSSR count). The predicted octanol–water partition coefficient (Wildman–Crippen LogP) is 4.26. The molecule has 5 aromatic rings. The lowest BCUT2D eigenvalue weighted by Gasteiger charge is -2.09. The van der Waals surface area contributed by atoms with Crippen molar-refractivity contribution in [2.45, 2.75) is 13.0 Å². The first-order chi connectivity index (χ1) is 14.2. The minimum Gasteiger partial charge on any atom is -0.420 e. The van der Waals surface area contributed by atoms with E-state index in [0.29, 0.717) is 40.3 Å². The highest BCUT2D eigenvalue weighted by Gasteiger charge is 2.16. The summed E-state index contributed by atoms with van der Waals surface area (Å²) in [6.07, 6.45) is 1.97. The van der Waals surface area contributed by atoms with Crippen LogP contribution in [0.4, 0.5) is 0 Å². The van der Waals surface area contributed by atoms with E-state index in [1.165, 1.54) is 16.0 Å². The SMILES string of the molecule is O=c1c2ccccc2c(Cc2nnc(-c3ccsc3)o2)nn1Cc1cnc(Cl)s1. The van der Waals surface area contributed by atoms with Gasteiger partial charge in [0.1, 0.15) is 0 Å². The Morgan fingerprint density at radius 3 is 2.76 bits per heavy atom. The Hall–Kier alpha value is -2.88. The standard InChI is InChI=1S/C19H12ClN5O2S2/c20-19-21-8-12(29-19)9-25-18(26)14-4-2-1-3-13(14)15(24-25)7-16-22-23-17(27-16)11-5-6-28-10-11/h1-6,8,10H,7,9H2. The van der Waals surface area contributed by atoms with Crippen LogP contribution in [0, 0.1) is 0 Å². The molecule has 0 spiro atoms. The van der Waals surface area contributed by atoms with Gasteiger partial charge >= 0.3 is 0 Å². The molecule has 0 saturated carbocycles. The fourth-order valence-corrected chi connectivity index (χ4v) is 4.61. The molecule has 0 unspecified atom stereocenters. The van der Waals surface area contributed by atoms with Gasteiger partial charge in [0, 0.05) is 27.4 Å². The minimum absolute atomic E-state index is 0.168. The maximum atomic E-state index is 12.9. The topological polar surface area (TPSA) is 86.7 Å². The van der Waals surface area contributed by atoms with Gasteiger partial charge in [-0.15, -0.1) is 21.5 Å². The van der Waals surface area contributed by atoms with Crippen LogP contribution in [0.1, 0.15) is 16.5 Å². The summed E-state index contributed by atoms with van der Waals surface area (Å²) in [6, 6.07) is 9.32. The molecule has 0 bridgehead atoms. The molecule has 0 aliphatic heterocycles. The van der Waals surface area contributed by atoms with Crippen molar-refractivity contribution in [3.8, 4) is 11.5 Å². The summed E-state index contributed by atoms with van der Waals surface area (Å²) in [5.74, 6) is 0.910. The van der Waals surface area contributed by atoms with Gasteiger partial charge in [-0.25, -0.2) is 9.67 Å². The second-order valence-corrected chi connectivity index (χ2v) is 8.70. The highest BCUT2D eigenvalue weighted by atomic mass is 35.5. The summed E-state index contributed by atoms with van der Waals surface area (Å²) in [6.45, 7) is 0.297. The van der Waals surface area contributed by atoms with E-state index in [4.69, 9.17) is 16.0 Å². The molecular formula is C19H12ClN5O2S2. The Bertz CT molecular complexity index is 1360. The zero-order valence-corrected chi connectivity index (χ0v) is 17.2. The molecule has 0 fully saturated rings. The van der Waals surface area contributed by atoms with Gasteiger partial charge in [-0.2, -0.15) is 16.4 Å². The van der Waals surface area contributed by atoms with Crippen LogP contribution in [0.25, 0.3) is 22.2 Å². The van der Waals surface area contributed by atoms with Crippen LogP contribution in [0.2, 0.25) is 4.47 Å². The molecule has 0 aliphatic rings.